The molecule has 1 aromatic heterocycles. The summed E-state index contributed by atoms with van der Waals surface area (Å²) >= 11 is 3.30. The van der Waals surface area contributed by atoms with Crippen molar-refractivity contribution < 1.29 is 8.42 Å². The number of nitrogens with one attached hydrogen (secondary N) is 1. The molecule has 5 nitrogen and oxygen atoms in total. The van der Waals surface area contributed by atoms with E-state index in [9.17, 15) is 8.42 Å². The van der Waals surface area contributed by atoms with Gasteiger partial charge in [-0.1, -0.05) is 22.0 Å². The van der Waals surface area contributed by atoms with Gasteiger partial charge in [-0.05, 0) is 37.5 Å². The van der Waals surface area contributed by atoms with Crippen LogP contribution in [0.3, 0.4) is 0 Å². The predicted octanol–water partition coefficient (Wildman–Crippen LogP) is 2.71. The van der Waals surface area contributed by atoms with Gasteiger partial charge >= 0.3 is 0 Å². The molecule has 0 radical (unpaired) electrons. The Balaban J connectivity index is 1.85. The third-order valence-corrected chi connectivity index (χ3v) is 5.23. The number of aryl methyl sites for hydroxylation is 2. The van der Waals surface area contributed by atoms with E-state index in [1.807, 2.05) is 16.8 Å². The van der Waals surface area contributed by atoms with Crippen molar-refractivity contribution in [3.63, 3.8) is 0 Å². The molecule has 114 valence electrons. The van der Waals surface area contributed by atoms with Gasteiger partial charge in [0.2, 0.25) is 10.0 Å². The first-order valence-electron chi connectivity index (χ1n) is 6.70. The molecule has 0 fully saturated rings. The highest BCUT2D eigenvalue weighted by atomic mass is 79.9. The van der Waals surface area contributed by atoms with Gasteiger partial charge in [0.05, 0.1) is 11.2 Å². The van der Waals surface area contributed by atoms with E-state index in [0.717, 1.165) is 29.4 Å². The largest absolute Gasteiger partial charge is 0.337 e. The number of unbranched alkanes of at least 4 members (excludes halogenated alkanes) is 1. The molecule has 0 amide bonds. The molecule has 1 aromatic carbocycles. The zero-order valence-electron chi connectivity index (χ0n) is 11.8. The van der Waals surface area contributed by atoms with Crippen LogP contribution in [0.1, 0.15) is 18.4 Å². The lowest BCUT2D eigenvalue weighted by molar-refractivity contribution is 0.565. The van der Waals surface area contributed by atoms with Crippen LogP contribution in [0.2, 0.25) is 0 Å². The molecule has 1 N–H and O–H groups in total. The Morgan fingerprint density at radius 1 is 1.33 bits per heavy atom. The molecule has 0 aliphatic carbocycles. The van der Waals surface area contributed by atoms with Gasteiger partial charge in [0.25, 0.3) is 0 Å². The average molecular weight is 372 g/mol. The summed E-state index contributed by atoms with van der Waals surface area (Å²) in [5, 5.41) is 0. The summed E-state index contributed by atoms with van der Waals surface area (Å²) in [5.41, 5.74) is 0.740. The van der Waals surface area contributed by atoms with Crippen LogP contribution in [0.15, 0.2) is 46.3 Å². The Morgan fingerprint density at radius 3 is 2.86 bits per heavy atom. The molecule has 0 bridgehead atoms. The summed E-state index contributed by atoms with van der Waals surface area (Å²) in [7, 11) is -3.45. The van der Waals surface area contributed by atoms with Crippen LogP contribution in [0, 0.1) is 6.92 Å². The molecule has 0 atom stereocenters. The number of imidazole rings is 1. The second-order valence-corrected chi connectivity index (χ2v) is 7.47. The van der Waals surface area contributed by atoms with Gasteiger partial charge < -0.3 is 4.57 Å². The lowest BCUT2D eigenvalue weighted by Crippen LogP contribution is -2.25. The van der Waals surface area contributed by atoms with Gasteiger partial charge in [-0.3, -0.25) is 0 Å². The van der Waals surface area contributed by atoms with Crippen LogP contribution < -0.4 is 4.72 Å². The van der Waals surface area contributed by atoms with Crippen molar-refractivity contribution >= 4 is 26.0 Å². The van der Waals surface area contributed by atoms with E-state index in [-0.39, 0.29) is 0 Å². The maximum atomic E-state index is 12.2. The zero-order chi connectivity index (χ0) is 15.3. The summed E-state index contributed by atoms with van der Waals surface area (Å²) in [6.07, 6.45) is 7.07. The lowest BCUT2D eigenvalue weighted by atomic mass is 10.2. The third kappa shape index (κ3) is 4.66. The minimum absolute atomic E-state index is 0.325. The van der Waals surface area contributed by atoms with E-state index in [4.69, 9.17) is 0 Å². The number of rotatable bonds is 7. The summed E-state index contributed by atoms with van der Waals surface area (Å²) in [5.74, 6) is 0. The maximum absolute atomic E-state index is 12.2. The van der Waals surface area contributed by atoms with Crippen molar-refractivity contribution in [3.8, 4) is 0 Å². The average Bonchev–Trinajstić information content (AvgIpc) is 2.94. The molecular weight excluding hydrogens is 354 g/mol. The summed E-state index contributed by atoms with van der Waals surface area (Å²) in [6, 6.07) is 5.25. The van der Waals surface area contributed by atoms with E-state index < -0.39 is 10.0 Å². The zero-order valence-corrected chi connectivity index (χ0v) is 14.2. The highest BCUT2D eigenvalue weighted by Gasteiger charge is 2.16. The quantitative estimate of drug-likeness (QED) is 0.761. The number of sulfonamides is 1. The minimum Gasteiger partial charge on any atom is -0.337 e. The van der Waals surface area contributed by atoms with Gasteiger partial charge in [0.15, 0.2) is 0 Å². The van der Waals surface area contributed by atoms with Crippen LogP contribution in [-0.2, 0) is 16.6 Å². The Kier molecular flexibility index (Phi) is 5.55. The first-order valence-corrected chi connectivity index (χ1v) is 8.98. The molecule has 21 heavy (non-hydrogen) atoms. The van der Waals surface area contributed by atoms with E-state index in [1.54, 1.807) is 31.6 Å². The first-order chi connectivity index (χ1) is 9.99. The van der Waals surface area contributed by atoms with Gasteiger partial charge in [0.1, 0.15) is 0 Å². The van der Waals surface area contributed by atoms with Crippen LogP contribution in [-0.4, -0.2) is 24.5 Å². The Morgan fingerprint density at radius 2 is 2.14 bits per heavy atom. The topological polar surface area (TPSA) is 64.0 Å². The molecule has 1 heterocycles. The number of halogens is 1. The molecule has 0 spiro atoms. The second-order valence-electron chi connectivity index (χ2n) is 4.82. The van der Waals surface area contributed by atoms with Gasteiger partial charge in [-0.25, -0.2) is 18.1 Å². The molecule has 2 aromatic rings. The van der Waals surface area contributed by atoms with Gasteiger partial charge in [0, 0.05) is 30.0 Å². The smallest absolute Gasteiger partial charge is 0.240 e. The fraction of sp³-hybridized carbons (Fsp3) is 0.357. The van der Waals surface area contributed by atoms with Crippen LogP contribution in [0.4, 0.5) is 0 Å². The summed E-state index contributed by atoms with van der Waals surface area (Å²) in [6.45, 7) is 3.07. The molecule has 0 aliphatic rings. The lowest BCUT2D eigenvalue weighted by Gasteiger charge is -2.10. The molecule has 2 rings (SSSR count). The van der Waals surface area contributed by atoms with Crippen molar-refractivity contribution in [2.75, 3.05) is 6.54 Å². The van der Waals surface area contributed by atoms with Gasteiger partial charge in [-0.15, -0.1) is 0 Å². The molecule has 0 aliphatic heterocycles. The molecular formula is C14H18BrN3O2S. The summed E-state index contributed by atoms with van der Waals surface area (Å²) in [4.78, 5) is 4.29. The van der Waals surface area contributed by atoms with Crippen LogP contribution in [0.25, 0.3) is 0 Å². The highest BCUT2D eigenvalue weighted by Crippen LogP contribution is 2.20. The standard InChI is InChI=1S/C14H18BrN3O2S/c1-12-4-5-13(15)10-14(12)21(19,20)17-6-2-3-8-18-9-7-16-11-18/h4-5,7,9-11,17H,2-3,6,8H2,1H3. The van der Waals surface area contributed by atoms with E-state index in [0.29, 0.717) is 11.4 Å². The number of hydrogen-bond acceptors (Lipinski definition) is 3. The van der Waals surface area contributed by atoms with Crippen LogP contribution >= 0.6 is 15.9 Å². The minimum atomic E-state index is -3.45. The number of benzene rings is 1. The molecule has 0 unspecified atom stereocenters. The molecule has 0 saturated heterocycles. The fourth-order valence-corrected chi connectivity index (χ4v) is 3.84. The Bertz CT molecular complexity index is 684. The third-order valence-electron chi connectivity index (χ3n) is 3.13. The van der Waals surface area contributed by atoms with Crippen molar-refractivity contribution in [3.05, 3.63) is 47.0 Å². The number of hydrogen-bond donors (Lipinski definition) is 1. The Hall–Kier alpha value is -1.18. The Labute approximate surface area is 133 Å². The van der Waals surface area contributed by atoms with E-state index >= 15 is 0 Å². The normalized spacial score (nSPS) is 11.7. The van der Waals surface area contributed by atoms with Crippen molar-refractivity contribution in [2.45, 2.75) is 31.2 Å². The SMILES string of the molecule is Cc1ccc(Br)cc1S(=O)(=O)NCCCCn1ccnc1. The van der Waals surface area contributed by atoms with Crippen molar-refractivity contribution in [2.24, 2.45) is 0 Å². The second kappa shape index (κ2) is 7.20. The van der Waals surface area contributed by atoms with Crippen molar-refractivity contribution in [1.82, 2.24) is 14.3 Å². The van der Waals surface area contributed by atoms with E-state index in [2.05, 4.69) is 25.6 Å². The monoisotopic (exact) mass is 371 g/mol. The highest BCUT2D eigenvalue weighted by molar-refractivity contribution is 9.10. The molecule has 0 saturated carbocycles. The van der Waals surface area contributed by atoms with E-state index in [1.165, 1.54) is 0 Å². The maximum Gasteiger partial charge on any atom is 0.240 e. The first kappa shape index (κ1) is 16.2. The fourth-order valence-electron chi connectivity index (χ4n) is 1.99. The number of nitrogens with zero attached hydrogens (tertiary/aromatic N) is 2. The predicted molar refractivity (Wildman–Crippen MR) is 85.5 cm³/mol. The number of aromatic nitrogens is 2. The van der Waals surface area contributed by atoms with Crippen molar-refractivity contribution in [1.29, 1.82) is 0 Å². The summed E-state index contributed by atoms with van der Waals surface area (Å²) < 4.78 is 29.9. The van der Waals surface area contributed by atoms with Gasteiger partial charge in [-0.2, -0.15) is 0 Å². The molecule has 7 heteroatoms. The van der Waals surface area contributed by atoms with Crippen LogP contribution in [0.5, 0.6) is 0 Å².